The van der Waals surface area contributed by atoms with Crippen molar-refractivity contribution in [3.8, 4) is 11.4 Å². The van der Waals surface area contributed by atoms with Crippen LogP contribution in [-0.2, 0) is 0 Å². The van der Waals surface area contributed by atoms with Gasteiger partial charge in [-0.15, -0.1) is 0 Å². The average Bonchev–Trinajstić information content (AvgIpc) is 2.55. The Labute approximate surface area is 131 Å². The maximum Gasteiger partial charge on any atom is 0.160 e. The van der Waals surface area contributed by atoms with Gasteiger partial charge < -0.3 is 0 Å². The largest absolute Gasteiger partial charge is 0.294 e. The molecule has 0 spiro atoms. The lowest BCUT2D eigenvalue weighted by Gasteiger charge is -2.37. The summed E-state index contributed by atoms with van der Waals surface area (Å²) in [5.74, 6) is 0.720. The zero-order chi connectivity index (χ0) is 15.6. The number of nitrogens with zero attached hydrogens (tertiary/aromatic N) is 4. The molecule has 1 aliphatic heterocycles. The molecule has 0 amide bonds. The van der Waals surface area contributed by atoms with Crippen LogP contribution in [0, 0.1) is 0 Å². The molecule has 0 N–H and O–H groups in total. The van der Waals surface area contributed by atoms with Crippen LogP contribution < -0.4 is 0 Å². The van der Waals surface area contributed by atoms with Crippen LogP contribution in [0.1, 0.15) is 32.9 Å². The molecule has 4 heteroatoms. The van der Waals surface area contributed by atoms with Gasteiger partial charge in [0.1, 0.15) is 0 Å². The minimum atomic E-state index is 0.226. The molecular weight excluding hydrogens is 272 g/mol. The maximum atomic E-state index is 4.60. The Morgan fingerprint density at radius 2 is 1.82 bits per heavy atom. The molecule has 0 fully saturated rings. The molecule has 0 aliphatic carbocycles. The minimum Gasteiger partial charge on any atom is -0.294 e. The Hall–Kier alpha value is -2.07. The van der Waals surface area contributed by atoms with Crippen LogP contribution in [0.2, 0.25) is 0 Å². The first kappa shape index (κ1) is 14.9. The van der Waals surface area contributed by atoms with Gasteiger partial charge in [0.15, 0.2) is 5.82 Å². The van der Waals surface area contributed by atoms with Crippen LogP contribution in [0.4, 0.5) is 0 Å². The van der Waals surface area contributed by atoms with Crippen molar-refractivity contribution in [3.05, 3.63) is 48.6 Å². The van der Waals surface area contributed by atoms with Crippen molar-refractivity contribution in [3.63, 3.8) is 0 Å². The second-order valence-corrected chi connectivity index (χ2v) is 6.60. The van der Waals surface area contributed by atoms with Crippen molar-refractivity contribution in [2.45, 2.75) is 32.7 Å². The highest BCUT2D eigenvalue weighted by atomic mass is 15.2. The predicted molar refractivity (Wildman–Crippen MR) is 89.2 cm³/mol. The van der Waals surface area contributed by atoms with Crippen molar-refractivity contribution in [1.82, 2.24) is 19.9 Å². The van der Waals surface area contributed by atoms with Crippen LogP contribution in [0.5, 0.6) is 0 Å². The van der Waals surface area contributed by atoms with E-state index in [9.17, 15) is 0 Å². The fourth-order valence-electron chi connectivity index (χ4n) is 2.68. The predicted octanol–water partition coefficient (Wildman–Crippen LogP) is 3.43. The molecule has 0 radical (unpaired) electrons. The molecule has 2 aromatic heterocycles. The number of rotatable bonds is 2. The summed E-state index contributed by atoms with van der Waals surface area (Å²) >= 11 is 0. The minimum absolute atomic E-state index is 0.226. The normalized spacial score (nSPS) is 16.4. The molecule has 114 valence electrons. The van der Waals surface area contributed by atoms with Gasteiger partial charge in [0.25, 0.3) is 0 Å². The number of hydrogen-bond acceptors (Lipinski definition) is 4. The van der Waals surface area contributed by atoms with E-state index < -0.39 is 0 Å². The summed E-state index contributed by atoms with van der Waals surface area (Å²) in [6.45, 7) is 8.86. The van der Waals surface area contributed by atoms with E-state index in [-0.39, 0.29) is 5.54 Å². The van der Waals surface area contributed by atoms with Gasteiger partial charge in [0, 0.05) is 42.8 Å². The number of pyridine rings is 1. The zero-order valence-corrected chi connectivity index (χ0v) is 13.5. The summed E-state index contributed by atoms with van der Waals surface area (Å²) in [5, 5.41) is 0. The molecule has 3 rings (SSSR count). The first-order valence-corrected chi connectivity index (χ1v) is 7.72. The van der Waals surface area contributed by atoms with E-state index >= 15 is 0 Å². The van der Waals surface area contributed by atoms with Gasteiger partial charge in [-0.05, 0) is 51.0 Å². The molecule has 0 atom stereocenters. The van der Waals surface area contributed by atoms with E-state index in [1.807, 2.05) is 12.3 Å². The van der Waals surface area contributed by atoms with Gasteiger partial charge in [-0.2, -0.15) is 0 Å². The molecule has 22 heavy (non-hydrogen) atoms. The molecule has 0 unspecified atom stereocenters. The van der Waals surface area contributed by atoms with Gasteiger partial charge in [0.05, 0.1) is 5.69 Å². The summed E-state index contributed by atoms with van der Waals surface area (Å²) in [4.78, 5) is 15.6. The van der Waals surface area contributed by atoms with Crippen LogP contribution in [0.25, 0.3) is 17.0 Å². The third kappa shape index (κ3) is 3.22. The van der Waals surface area contributed by atoms with Gasteiger partial charge in [0.2, 0.25) is 0 Å². The van der Waals surface area contributed by atoms with E-state index in [1.165, 1.54) is 5.57 Å². The summed E-state index contributed by atoms with van der Waals surface area (Å²) in [7, 11) is 0. The van der Waals surface area contributed by atoms with Crippen LogP contribution in [-0.4, -0.2) is 38.5 Å². The van der Waals surface area contributed by atoms with Gasteiger partial charge in [-0.3, -0.25) is 9.88 Å². The Balaban J connectivity index is 1.76. The third-order valence-corrected chi connectivity index (χ3v) is 4.07. The molecule has 4 nitrogen and oxygen atoms in total. The highest BCUT2D eigenvalue weighted by Crippen LogP contribution is 2.25. The SMILES string of the molecule is CC(C)(C)N1CC=C(c2ccc(-c3ncccn3)cn2)CC1. The first-order valence-electron chi connectivity index (χ1n) is 7.72. The van der Waals surface area contributed by atoms with Crippen molar-refractivity contribution in [2.24, 2.45) is 0 Å². The quantitative estimate of drug-likeness (QED) is 0.851. The molecule has 0 saturated carbocycles. The molecule has 2 aromatic rings. The summed E-state index contributed by atoms with van der Waals surface area (Å²) in [5.41, 5.74) is 3.58. The van der Waals surface area contributed by atoms with Crippen molar-refractivity contribution in [2.75, 3.05) is 13.1 Å². The molecule has 0 bridgehead atoms. The second kappa shape index (κ2) is 5.97. The van der Waals surface area contributed by atoms with E-state index in [1.54, 1.807) is 12.4 Å². The average molecular weight is 294 g/mol. The fourth-order valence-corrected chi connectivity index (χ4v) is 2.68. The second-order valence-electron chi connectivity index (χ2n) is 6.60. The van der Waals surface area contributed by atoms with Crippen molar-refractivity contribution < 1.29 is 0 Å². The monoisotopic (exact) mass is 294 g/mol. The van der Waals surface area contributed by atoms with Gasteiger partial charge >= 0.3 is 0 Å². The lowest BCUT2D eigenvalue weighted by Crippen LogP contribution is -2.43. The standard InChI is InChI=1S/C18H22N4/c1-18(2,3)22-11-7-14(8-12-22)16-6-5-15(13-21-16)17-19-9-4-10-20-17/h4-7,9-10,13H,8,11-12H2,1-3H3. The van der Waals surface area contributed by atoms with E-state index in [4.69, 9.17) is 0 Å². The van der Waals surface area contributed by atoms with Crippen LogP contribution in [0.15, 0.2) is 42.9 Å². The Morgan fingerprint density at radius 3 is 2.36 bits per heavy atom. The first-order chi connectivity index (χ1) is 10.5. The Kier molecular flexibility index (Phi) is 4.03. The molecule has 1 aliphatic rings. The number of hydrogen-bond donors (Lipinski definition) is 0. The zero-order valence-electron chi connectivity index (χ0n) is 13.5. The van der Waals surface area contributed by atoms with Crippen LogP contribution in [0.3, 0.4) is 0 Å². The fraction of sp³-hybridized carbons (Fsp3) is 0.389. The van der Waals surface area contributed by atoms with Gasteiger partial charge in [-0.25, -0.2) is 9.97 Å². The molecular formula is C18H22N4. The lowest BCUT2D eigenvalue weighted by molar-refractivity contribution is 0.153. The van der Waals surface area contributed by atoms with E-state index in [2.05, 4.69) is 58.8 Å². The third-order valence-electron chi connectivity index (χ3n) is 4.07. The topological polar surface area (TPSA) is 41.9 Å². The summed E-state index contributed by atoms with van der Waals surface area (Å²) in [6, 6.07) is 5.94. The van der Waals surface area contributed by atoms with Crippen LogP contribution >= 0.6 is 0 Å². The Morgan fingerprint density at radius 1 is 1.05 bits per heavy atom. The highest BCUT2D eigenvalue weighted by molar-refractivity contribution is 5.65. The van der Waals surface area contributed by atoms with E-state index in [0.29, 0.717) is 0 Å². The molecule has 0 saturated heterocycles. The summed E-state index contributed by atoms with van der Waals surface area (Å²) in [6.07, 6.45) is 8.71. The smallest absolute Gasteiger partial charge is 0.160 e. The molecule has 3 heterocycles. The molecule has 0 aromatic carbocycles. The van der Waals surface area contributed by atoms with Crippen molar-refractivity contribution in [1.29, 1.82) is 0 Å². The van der Waals surface area contributed by atoms with Gasteiger partial charge in [-0.1, -0.05) is 6.08 Å². The summed E-state index contributed by atoms with van der Waals surface area (Å²) < 4.78 is 0. The van der Waals surface area contributed by atoms with Crippen molar-refractivity contribution >= 4 is 5.57 Å². The highest BCUT2D eigenvalue weighted by Gasteiger charge is 2.23. The number of aromatic nitrogens is 3. The maximum absolute atomic E-state index is 4.60. The lowest BCUT2D eigenvalue weighted by atomic mass is 9.98. The van der Waals surface area contributed by atoms with E-state index in [0.717, 1.165) is 36.6 Å². The Bertz CT molecular complexity index is 654.